The number of rotatable bonds is 3. The van der Waals surface area contributed by atoms with Crippen molar-refractivity contribution in [3.63, 3.8) is 0 Å². The van der Waals surface area contributed by atoms with E-state index in [1.165, 1.54) is 0 Å². The summed E-state index contributed by atoms with van der Waals surface area (Å²) in [5.41, 5.74) is 0. The Morgan fingerprint density at radius 3 is 2.83 bits per heavy atom. The Kier molecular flexibility index (Phi) is 6.13. The molecule has 2 aliphatic rings. The van der Waals surface area contributed by atoms with Gasteiger partial charge in [-0.2, -0.15) is 0 Å². The van der Waals surface area contributed by atoms with Gasteiger partial charge in [0.05, 0.1) is 6.54 Å². The zero-order valence-electron chi connectivity index (χ0n) is 13.7. The molecule has 1 N–H and O–H groups in total. The second-order valence-electron chi connectivity index (χ2n) is 6.29. The first kappa shape index (κ1) is 17.9. The molecular formula is C17H25ClN2O3. The molecule has 23 heavy (non-hydrogen) atoms. The maximum absolute atomic E-state index is 12.6. The number of nitrogens with zero attached hydrogens (tertiary/aromatic N) is 1. The molecule has 1 aromatic carbocycles. The molecule has 1 aromatic rings. The van der Waals surface area contributed by atoms with E-state index in [4.69, 9.17) is 9.47 Å². The molecule has 2 aliphatic heterocycles. The van der Waals surface area contributed by atoms with Gasteiger partial charge in [-0.15, -0.1) is 12.4 Å². The maximum Gasteiger partial charge on any atom is 0.225 e. The van der Waals surface area contributed by atoms with E-state index in [9.17, 15) is 4.79 Å². The van der Waals surface area contributed by atoms with E-state index in [0.29, 0.717) is 19.2 Å². The number of halogens is 1. The van der Waals surface area contributed by atoms with Crippen LogP contribution in [0.4, 0.5) is 0 Å². The number of likely N-dealkylation sites (N-methyl/N-ethyl adjacent to an activating group) is 1. The second-order valence-corrected chi connectivity index (χ2v) is 6.29. The summed E-state index contributed by atoms with van der Waals surface area (Å²) >= 11 is 0. The van der Waals surface area contributed by atoms with E-state index < -0.39 is 0 Å². The average molecular weight is 341 g/mol. The van der Waals surface area contributed by atoms with E-state index in [1.54, 1.807) is 4.90 Å². The molecule has 0 saturated carbocycles. The van der Waals surface area contributed by atoms with Gasteiger partial charge in [-0.1, -0.05) is 12.1 Å². The van der Waals surface area contributed by atoms with Crippen LogP contribution in [0.5, 0.6) is 11.5 Å². The summed E-state index contributed by atoms with van der Waals surface area (Å²) in [5.74, 6) is 1.88. The van der Waals surface area contributed by atoms with Crippen LogP contribution in [0.15, 0.2) is 24.3 Å². The van der Waals surface area contributed by atoms with Crippen molar-refractivity contribution in [2.45, 2.75) is 31.9 Å². The van der Waals surface area contributed by atoms with E-state index in [-0.39, 0.29) is 30.3 Å². The molecule has 0 spiro atoms. The van der Waals surface area contributed by atoms with E-state index in [1.807, 2.05) is 31.3 Å². The molecule has 1 unspecified atom stereocenters. The Labute approximate surface area is 143 Å². The number of para-hydroxylation sites is 2. The lowest BCUT2D eigenvalue weighted by molar-refractivity contribution is -0.136. The van der Waals surface area contributed by atoms with Crippen molar-refractivity contribution in [3.05, 3.63) is 24.3 Å². The zero-order chi connectivity index (χ0) is 15.5. The van der Waals surface area contributed by atoms with Crippen LogP contribution in [0.3, 0.4) is 0 Å². The van der Waals surface area contributed by atoms with Gasteiger partial charge in [-0.3, -0.25) is 4.79 Å². The summed E-state index contributed by atoms with van der Waals surface area (Å²) in [6.07, 6.45) is 1.72. The molecule has 1 amide bonds. The Morgan fingerprint density at radius 1 is 1.35 bits per heavy atom. The first-order valence-electron chi connectivity index (χ1n) is 8.00. The van der Waals surface area contributed by atoms with Gasteiger partial charge in [-0.25, -0.2) is 0 Å². The number of piperidine rings is 1. The largest absolute Gasteiger partial charge is 0.486 e. The van der Waals surface area contributed by atoms with E-state index in [0.717, 1.165) is 30.9 Å². The standard InChI is InChI=1S/C17H24N2O3.ClH/c1-12-9-13(7-8-18-12)17(20)19(2)10-14-11-21-15-5-3-4-6-16(15)22-14;/h3-6,12-14,18H,7-11H2,1-2H3;1H/t12-,13-,14?;/m0./s1. The number of hydrogen-bond acceptors (Lipinski definition) is 4. The third kappa shape index (κ3) is 4.30. The van der Waals surface area contributed by atoms with Gasteiger partial charge in [0, 0.05) is 19.0 Å². The zero-order valence-corrected chi connectivity index (χ0v) is 14.5. The van der Waals surface area contributed by atoms with Crippen LogP contribution in [0.25, 0.3) is 0 Å². The molecule has 0 radical (unpaired) electrons. The molecule has 2 heterocycles. The van der Waals surface area contributed by atoms with E-state index >= 15 is 0 Å². The van der Waals surface area contributed by atoms with Gasteiger partial charge in [0.2, 0.25) is 5.91 Å². The van der Waals surface area contributed by atoms with Gasteiger partial charge >= 0.3 is 0 Å². The Hall–Kier alpha value is -1.46. The second kappa shape index (κ2) is 7.88. The highest BCUT2D eigenvalue weighted by Crippen LogP contribution is 2.31. The van der Waals surface area contributed by atoms with Crippen molar-refractivity contribution in [1.82, 2.24) is 10.2 Å². The van der Waals surface area contributed by atoms with Crippen LogP contribution >= 0.6 is 12.4 Å². The highest BCUT2D eigenvalue weighted by atomic mass is 35.5. The van der Waals surface area contributed by atoms with E-state index in [2.05, 4.69) is 12.2 Å². The van der Waals surface area contributed by atoms with Gasteiger partial charge in [0.15, 0.2) is 17.6 Å². The normalized spacial score (nSPS) is 26.1. The summed E-state index contributed by atoms with van der Waals surface area (Å²) in [7, 11) is 1.86. The number of nitrogens with one attached hydrogen (secondary N) is 1. The van der Waals surface area contributed by atoms with Crippen LogP contribution in [-0.4, -0.2) is 49.7 Å². The Morgan fingerprint density at radius 2 is 2.09 bits per heavy atom. The molecule has 1 fully saturated rings. The Balaban J connectivity index is 0.00000192. The van der Waals surface area contributed by atoms with Crippen molar-refractivity contribution < 1.29 is 14.3 Å². The predicted molar refractivity (Wildman–Crippen MR) is 91.4 cm³/mol. The van der Waals surface area contributed by atoms with Crippen LogP contribution in [0, 0.1) is 5.92 Å². The first-order valence-corrected chi connectivity index (χ1v) is 8.00. The molecule has 0 aromatic heterocycles. The summed E-state index contributed by atoms with van der Waals surface area (Å²) in [4.78, 5) is 14.4. The molecular weight excluding hydrogens is 316 g/mol. The number of ether oxygens (including phenoxy) is 2. The fourth-order valence-corrected chi connectivity index (χ4v) is 3.22. The maximum atomic E-state index is 12.6. The number of benzene rings is 1. The van der Waals surface area contributed by atoms with Gasteiger partial charge < -0.3 is 19.7 Å². The van der Waals surface area contributed by atoms with Crippen molar-refractivity contribution in [1.29, 1.82) is 0 Å². The third-order valence-corrected chi connectivity index (χ3v) is 4.39. The number of carbonyl (C=O) groups is 1. The lowest BCUT2D eigenvalue weighted by Crippen LogP contribution is -2.47. The van der Waals surface area contributed by atoms with Gasteiger partial charge in [0.1, 0.15) is 6.61 Å². The minimum Gasteiger partial charge on any atom is -0.486 e. The molecule has 3 atom stereocenters. The summed E-state index contributed by atoms with van der Waals surface area (Å²) in [6, 6.07) is 8.07. The minimum atomic E-state index is -0.108. The van der Waals surface area contributed by atoms with Crippen LogP contribution in [0.2, 0.25) is 0 Å². The highest BCUT2D eigenvalue weighted by molar-refractivity contribution is 5.85. The summed E-state index contributed by atoms with van der Waals surface area (Å²) in [6.45, 7) is 4.10. The number of hydrogen-bond donors (Lipinski definition) is 1. The lowest BCUT2D eigenvalue weighted by Gasteiger charge is -2.33. The lowest BCUT2D eigenvalue weighted by atomic mass is 9.92. The summed E-state index contributed by atoms with van der Waals surface area (Å²) < 4.78 is 11.6. The molecule has 3 rings (SSSR count). The smallest absolute Gasteiger partial charge is 0.225 e. The summed E-state index contributed by atoms with van der Waals surface area (Å²) in [5, 5.41) is 3.38. The molecule has 1 saturated heterocycles. The van der Waals surface area contributed by atoms with Crippen molar-refractivity contribution in [2.75, 3.05) is 26.7 Å². The fourth-order valence-electron chi connectivity index (χ4n) is 3.22. The van der Waals surface area contributed by atoms with Crippen LogP contribution < -0.4 is 14.8 Å². The number of amides is 1. The average Bonchev–Trinajstić information content (AvgIpc) is 2.54. The minimum absolute atomic E-state index is 0. The van der Waals surface area contributed by atoms with Crippen LogP contribution in [-0.2, 0) is 4.79 Å². The first-order chi connectivity index (χ1) is 10.6. The number of carbonyl (C=O) groups excluding carboxylic acids is 1. The fraction of sp³-hybridized carbons (Fsp3) is 0.588. The van der Waals surface area contributed by atoms with Crippen molar-refractivity contribution in [3.8, 4) is 11.5 Å². The molecule has 6 heteroatoms. The van der Waals surface area contributed by atoms with Crippen LogP contribution in [0.1, 0.15) is 19.8 Å². The SMILES string of the molecule is C[C@H]1C[C@@H](C(=O)N(C)CC2COc3ccccc3O2)CCN1.Cl. The topological polar surface area (TPSA) is 50.8 Å². The monoisotopic (exact) mass is 340 g/mol. The van der Waals surface area contributed by atoms with Gasteiger partial charge in [0.25, 0.3) is 0 Å². The van der Waals surface area contributed by atoms with Crippen molar-refractivity contribution >= 4 is 18.3 Å². The predicted octanol–water partition coefficient (Wildman–Crippen LogP) is 2.09. The van der Waals surface area contributed by atoms with Crippen molar-refractivity contribution in [2.24, 2.45) is 5.92 Å². The molecule has 0 bridgehead atoms. The molecule has 5 nitrogen and oxygen atoms in total. The van der Waals surface area contributed by atoms with Gasteiger partial charge in [-0.05, 0) is 38.4 Å². The highest BCUT2D eigenvalue weighted by Gasteiger charge is 2.29. The number of fused-ring (bicyclic) bond motifs is 1. The third-order valence-electron chi connectivity index (χ3n) is 4.39. The molecule has 0 aliphatic carbocycles. The molecule has 128 valence electrons. The quantitative estimate of drug-likeness (QED) is 0.915. The Bertz CT molecular complexity index is 540.